The Balaban J connectivity index is 2.49. The van der Waals surface area contributed by atoms with Crippen molar-refractivity contribution in [3.05, 3.63) is 47.2 Å². The lowest BCUT2D eigenvalue weighted by atomic mass is 10.3. The van der Waals surface area contributed by atoms with Crippen molar-refractivity contribution in [1.29, 1.82) is 0 Å². The molecule has 3 N–H and O–H groups in total. The molecule has 106 valence electrons. The molecule has 1 aromatic heterocycles. The van der Waals surface area contributed by atoms with Gasteiger partial charge in [-0.05, 0) is 18.2 Å². The largest absolute Gasteiger partial charge is 0.399 e. The fourth-order valence-corrected chi connectivity index (χ4v) is 2.92. The van der Waals surface area contributed by atoms with Crippen molar-refractivity contribution in [2.45, 2.75) is 4.90 Å². The number of nitrogen functional groups attached to an aromatic ring is 1. The van der Waals surface area contributed by atoms with Crippen molar-refractivity contribution in [3.8, 4) is 0 Å². The average molecular weight is 320 g/mol. The number of hydrogen-bond donors (Lipinski definition) is 2. The van der Waals surface area contributed by atoms with E-state index in [9.17, 15) is 17.2 Å². The van der Waals surface area contributed by atoms with Crippen molar-refractivity contribution in [3.63, 3.8) is 0 Å². The Kier molecular flexibility index (Phi) is 3.78. The summed E-state index contributed by atoms with van der Waals surface area (Å²) in [7, 11) is -4.37. The van der Waals surface area contributed by atoms with Crippen LogP contribution in [-0.2, 0) is 10.0 Å². The number of rotatable bonds is 3. The van der Waals surface area contributed by atoms with Crippen LogP contribution in [0.3, 0.4) is 0 Å². The fourth-order valence-electron chi connectivity index (χ4n) is 1.44. The van der Waals surface area contributed by atoms with Gasteiger partial charge in [-0.2, -0.15) is 0 Å². The van der Waals surface area contributed by atoms with Crippen LogP contribution in [0.15, 0.2) is 35.5 Å². The van der Waals surface area contributed by atoms with Crippen LogP contribution in [0.25, 0.3) is 0 Å². The van der Waals surface area contributed by atoms with Gasteiger partial charge in [-0.1, -0.05) is 11.6 Å². The highest BCUT2D eigenvalue weighted by Gasteiger charge is 2.23. The van der Waals surface area contributed by atoms with Crippen LogP contribution in [0, 0.1) is 11.6 Å². The second kappa shape index (κ2) is 5.22. The van der Waals surface area contributed by atoms with Gasteiger partial charge in [-0.3, -0.25) is 9.71 Å². The van der Waals surface area contributed by atoms with E-state index in [0.717, 1.165) is 24.4 Å². The maximum atomic E-state index is 13.8. The van der Waals surface area contributed by atoms with Crippen LogP contribution in [0.2, 0.25) is 5.02 Å². The standard InChI is InChI=1S/C11H8ClF2N3O2S/c12-7-3-6(15)4-10(11(7)14)20(18,19)17-9-1-2-16-5-8(9)13/h1-5H,15H2,(H,16,17). The molecule has 0 atom stereocenters. The third-order valence-electron chi connectivity index (χ3n) is 2.32. The Morgan fingerprint density at radius 3 is 2.65 bits per heavy atom. The quantitative estimate of drug-likeness (QED) is 0.851. The maximum Gasteiger partial charge on any atom is 0.265 e. The third kappa shape index (κ3) is 2.81. The number of sulfonamides is 1. The van der Waals surface area contributed by atoms with Crippen molar-refractivity contribution in [1.82, 2.24) is 4.98 Å². The number of pyridine rings is 1. The molecule has 0 radical (unpaired) electrons. The molecule has 0 fully saturated rings. The van der Waals surface area contributed by atoms with Gasteiger partial charge in [0.25, 0.3) is 10.0 Å². The minimum absolute atomic E-state index is 0.0352. The van der Waals surface area contributed by atoms with Crippen LogP contribution in [0.4, 0.5) is 20.2 Å². The van der Waals surface area contributed by atoms with Crippen LogP contribution in [-0.4, -0.2) is 13.4 Å². The van der Waals surface area contributed by atoms with Gasteiger partial charge in [0, 0.05) is 11.9 Å². The SMILES string of the molecule is Nc1cc(Cl)c(F)c(S(=O)(=O)Nc2ccncc2F)c1. The molecule has 1 aromatic carbocycles. The Bertz CT molecular complexity index is 768. The van der Waals surface area contributed by atoms with Gasteiger partial charge in [0.05, 0.1) is 16.9 Å². The lowest BCUT2D eigenvalue weighted by Gasteiger charge is -2.10. The van der Waals surface area contributed by atoms with E-state index < -0.39 is 31.6 Å². The first-order chi connectivity index (χ1) is 9.31. The molecule has 2 rings (SSSR count). The van der Waals surface area contributed by atoms with Gasteiger partial charge in [-0.25, -0.2) is 17.2 Å². The minimum atomic E-state index is -4.37. The summed E-state index contributed by atoms with van der Waals surface area (Å²) in [6.07, 6.45) is 2.00. The number of halogens is 3. The first kappa shape index (κ1) is 14.5. The van der Waals surface area contributed by atoms with Gasteiger partial charge >= 0.3 is 0 Å². The number of nitrogens with zero attached hydrogens (tertiary/aromatic N) is 1. The van der Waals surface area contributed by atoms with E-state index in [1.807, 2.05) is 4.72 Å². The number of hydrogen-bond acceptors (Lipinski definition) is 4. The van der Waals surface area contributed by atoms with Gasteiger partial charge in [0.15, 0.2) is 11.6 Å². The van der Waals surface area contributed by atoms with E-state index in [1.165, 1.54) is 6.20 Å². The summed E-state index contributed by atoms with van der Waals surface area (Å²) in [6, 6.07) is 3.06. The van der Waals surface area contributed by atoms with Crippen molar-refractivity contribution < 1.29 is 17.2 Å². The topological polar surface area (TPSA) is 85.1 Å². The van der Waals surface area contributed by atoms with E-state index in [1.54, 1.807) is 0 Å². The molecule has 2 aromatic rings. The van der Waals surface area contributed by atoms with E-state index in [2.05, 4.69) is 4.98 Å². The zero-order chi connectivity index (χ0) is 14.9. The Hall–Kier alpha value is -1.93. The van der Waals surface area contributed by atoms with Crippen LogP contribution in [0.1, 0.15) is 0 Å². The number of benzene rings is 1. The molecule has 9 heteroatoms. The first-order valence-electron chi connectivity index (χ1n) is 5.18. The molecule has 1 heterocycles. The molecular formula is C11H8ClF2N3O2S. The van der Waals surface area contributed by atoms with Crippen molar-refractivity contribution >= 4 is 33.0 Å². The minimum Gasteiger partial charge on any atom is -0.399 e. The number of nitrogens with two attached hydrogens (primary N) is 1. The molecule has 0 saturated heterocycles. The third-order valence-corrected chi connectivity index (χ3v) is 3.96. The number of anilines is 2. The zero-order valence-corrected chi connectivity index (χ0v) is 11.3. The molecular weight excluding hydrogens is 312 g/mol. The highest BCUT2D eigenvalue weighted by molar-refractivity contribution is 7.92. The average Bonchev–Trinajstić information content (AvgIpc) is 2.36. The highest BCUT2D eigenvalue weighted by atomic mass is 35.5. The molecule has 0 saturated carbocycles. The summed E-state index contributed by atoms with van der Waals surface area (Å²) < 4.78 is 53.1. The number of aromatic nitrogens is 1. The predicted octanol–water partition coefficient (Wildman–Crippen LogP) is 2.40. The lowest BCUT2D eigenvalue weighted by molar-refractivity contribution is 0.569. The molecule has 0 spiro atoms. The van der Waals surface area contributed by atoms with E-state index >= 15 is 0 Å². The van der Waals surface area contributed by atoms with Gasteiger partial charge in [0.1, 0.15) is 4.90 Å². The van der Waals surface area contributed by atoms with Crippen LogP contribution in [0.5, 0.6) is 0 Å². The molecule has 0 amide bonds. The molecule has 0 bridgehead atoms. The summed E-state index contributed by atoms with van der Waals surface area (Å²) in [4.78, 5) is 2.70. The van der Waals surface area contributed by atoms with Gasteiger partial charge in [-0.15, -0.1) is 0 Å². The van der Waals surface area contributed by atoms with Gasteiger partial charge in [0.2, 0.25) is 0 Å². The summed E-state index contributed by atoms with van der Waals surface area (Å²) >= 11 is 5.53. The molecule has 0 aliphatic carbocycles. The second-order valence-corrected chi connectivity index (χ2v) is 5.83. The van der Waals surface area contributed by atoms with E-state index in [0.29, 0.717) is 0 Å². The van der Waals surface area contributed by atoms with Crippen LogP contribution >= 0.6 is 11.6 Å². The highest BCUT2D eigenvalue weighted by Crippen LogP contribution is 2.27. The van der Waals surface area contributed by atoms with E-state index in [-0.39, 0.29) is 11.4 Å². The van der Waals surface area contributed by atoms with E-state index in [4.69, 9.17) is 17.3 Å². The maximum absolute atomic E-state index is 13.8. The lowest BCUT2D eigenvalue weighted by Crippen LogP contribution is -2.16. The molecule has 0 unspecified atom stereocenters. The summed E-state index contributed by atoms with van der Waals surface area (Å²) in [6.45, 7) is 0. The number of nitrogens with one attached hydrogen (secondary N) is 1. The van der Waals surface area contributed by atoms with Crippen molar-refractivity contribution in [2.24, 2.45) is 0 Å². The van der Waals surface area contributed by atoms with Gasteiger partial charge < -0.3 is 5.73 Å². The van der Waals surface area contributed by atoms with Crippen molar-refractivity contribution in [2.75, 3.05) is 10.5 Å². The predicted molar refractivity (Wildman–Crippen MR) is 70.8 cm³/mol. The summed E-state index contributed by atoms with van der Waals surface area (Å²) in [5.41, 5.74) is 5.02. The Labute approximate surface area is 118 Å². The van der Waals surface area contributed by atoms with Crippen LogP contribution < -0.4 is 10.5 Å². The molecule has 0 aliphatic heterocycles. The zero-order valence-electron chi connectivity index (χ0n) is 9.77. The molecule has 5 nitrogen and oxygen atoms in total. The fraction of sp³-hybridized carbons (Fsp3) is 0. The Morgan fingerprint density at radius 1 is 1.30 bits per heavy atom. The molecule has 20 heavy (non-hydrogen) atoms. The summed E-state index contributed by atoms with van der Waals surface area (Å²) in [5.74, 6) is -2.06. The second-order valence-electron chi connectivity index (χ2n) is 3.78. The Morgan fingerprint density at radius 2 is 2.00 bits per heavy atom. The summed E-state index contributed by atoms with van der Waals surface area (Å²) in [5, 5.41) is -0.444. The monoisotopic (exact) mass is 319 g/mol. The normalized spacial score (nSPS) is 11.3. The smallest absolute Gasteiger partial charge is 0.265 e. The first-order valence-corrected chi connectivity index (χ1v) is 7.04. The molecule has 0 aliphatic rings.